The van der Waals surface area contributed by atoms with Crippen molar-refractivity contribution < 1.29 is 28.5 Å². The summed E-state index contributed by atoms with van der Waals surface area (Å²) in [5.41, 5.74) is 0. The van der Waals surface area contributed by atoms with Crippen LogP contribution in [0.2, 0.25) is 18.1 Å². The molecule has 7 heteroatoms. The van der Waals surface area contributed by atoms with Crippen LogP contribution in [0.3, 0.4) is 0 Å². The minimum absolute atomic E-state index is 0.0969. The summed E-state index contributed by atoms with van der Waals surface area (Å²) in [5.74, 6) is 0.221. The topological polar surface area (TPSA) is 74.2 Å². The predicted molar refractivity (Wildman–Crippen MR) is 127 cm³/mol. The molecule has 0 amide bonds. The molecule has 2 aliphatic heterocycles. The highest BCUT2D eigenvalue weighted by Crippen LogP contribution is 2.45. The van der Waals surface area contributed by atoms with E-state index in [2.05, 4.69) is 33.9 Å². The molecule has 3 aliphatic rings. The van der Waals surface area contributed by atoms with Gasteiger partial charge in [0, 0.05) is 31.6 Å². The second-order valence-corrected chi connectivity index (χ2v) is 16.2. The molecular formula is C25H44O6Si. The van der Waals surface area contributed by atoms with Crippen molar-refractivity contribution >= 4 is 14.3 Å². The number of carbonyl (C=O) groups is 1. The highest BCUT2D eigenvalue weighted by molar-refractivity contribution is 6.74. The van der Waals surface area contributed by atoms with E-state index in [1.807, 2.05) is 0 Å². The zero-order chi connectivity index (χ0) is 23.4. The number of fused-ring (bicyclic) bond motifs is 1. The molecule has 0 spiro atoms. The van der Waals surface area contributed by atoms with Gasteiger partial charge in [0.15, 0.2) is 14.6 Å². The van der Waals surface area contributed by atoms with Gasteiger partial charge in [-0.1, -0.05) is 26.8 Å². The van der Waals surface area contributed by atoms with Gasteiger partial charge < -0.3 is 23.7 Å². The van der Waals surface area contributed by atoms with E-state index in [1.165, 1.54) is 6.08 Å². The third kappa shape index (κ3) is 6.89. The Bertz CT molecular complexity index is 637. The van der Waals surface area contributed by atoms with E-state index < -0.39 is 14.3 Å². The van der Waals surface area contributed by atoms with Crippen molar-refractivity contribution in [3.63, 3.8) is 0 Å². The summed E-state index contributed by atoms with van der Waals surface area (Å²) in [5, 5.41) is 9.03. The Morgan fingerprint density at radius 1 is 1.16 bits per heavy atom. The molecule has 1 N–H and O–H groups in total. The summed E-state index contributed by atoms with van der Waals surface area (Å²) in [4.78, 5) is 10.8. The molecule has 3 rings (SSSR count). The number of carboxylic acids is 1. The average Bonchev–Trinajstić information content (AvgIpc) is 2.90. The van der Waals surface area contributed by atoms with Gasteiger partial charge in [0.05, 0.1) is 18.8 Å². The first kappa shape index (κ1) is 25.9. The van der Waals surface area contributed by atoms with Gasteiger partial charge in [-0.3, -0.25) is 0 Å². The average molecular weight is 469 g/mol. The van der Waals surface area contributed by atoms with Crippen LogP contribution in [0.15, 0.2) is 12.2 Å². The first-order valence-corrected chi connectivity index (χ1v) is 15.4. The SMILES string of the molecule is CC(C)(C)[Si](C)(C)OC[C@@H]1[C@H]2CC[C@H](C/C=C/C(=O)O)CO[C@H]2C[C@H]1OC1CCCCO1. The minimum Gasteiger partial charge on any atom is -0.478 e. The number of allylic oxidation sites excluding steroid dienone is 1. The normalized spacial score (nSPS) is 34.4. The maximum Gasteiger partial charge on any atom is 0.327 e. The second-order valence-electron chi connectivity index (χ2n) is 11.4. The van der Waals surface area contributed by atoms with Crippen LogP contribution in [0.4, 0.5) is 0 Å². The fourth-order valence-electron chi connectivity index (χ4n) is 4.96. The van der Waals surface area contributed by atoms with E-state index in [0.717, 1.165) is 58.2 Å². The van der Waals surface area contributed by atoms with E-state index in [1.54, 1.807) is 6.08 Å². The van der Waals surface area contributed by atoms with Crippen molar-refractivity contribution in [2.75, 3.05) is 19.8 Å². The van der Waals surface area contributed by atoms with Crippen molar-refractivity contribution in [3.05, 3.63) is 12.2 Å². The molecule has 2 heterocycles. The Hall–Kier alpha value is -0.733. The molecule has 6 nitrogen and oxygen atoms in total. The molecular weight excluding hydrogens is 424 g/mol. The molecule has 1 unspecified atom stereocenters. The minimum atomic E-state index is -1.86. The highest BCUT2D eigenvalue weighted by atomic mass is 28.4. The standard InChI is InChI=1S/C25H44O6Si/c1-25(2,3)32(4,5)30-17-20-19-13-12-18(9-8-10-23(26)27)16-29-21(19)15-22(20)31-24-11-6-7-14-28-24/h8,10,18-22,24H,6-7,9,11-17H2,1-5H3,(H,26,27)/b10-8+/t18-,19+,20+,21-,22+,24?/m0/s1. The summed E-state index contributed by atoms with van der Waals surface area (Å²) in [6.45, 7) is 13.7. The molecule has 2 saturated heterocycles. The van der Waals surface area contributed by atoms with Crippen LogP contribution in [-0.4, -0.2) is 57.7 Å². The van der Waals surface area contributed by atoms with Gasteiger partial charge in [-0.15, -0.1) is 0 Å². The number of hydrogen-bond donors (Lipinski definition) is 1. The Labute approximate surface area is 195 Å². The lowest BCUT2D eigenvalue weighted by molar-refractivity contribution is -0.198. The van der Waals surface area contributed by atoms with Gasteiger partial charge in [-0.2, -0.15) is 0 Å². The lowest BCUT2D eigenvalue weighted by Crippen LogP contribution is -2.44. The van der Waals surface area contributed by atoms with Crippen LogP contribution in [0.25, 0.3) is 0 Å². The van der Waals surface area contributed by atoms with Crippen LogP contribution in [0, 0.1) is 17.8 Å². The monoisotopic (exact) mass is 468 g/mol. The van der Waals surface area contributed by atoms with Gasteiger partial charge in [0.1, 0.15) is 0 Å². The quantitative estimate of drug-likeness (QED) is 0.381. The zero-order valence-electron chi connectivity index (χ0n) is 20.7. The zero-order valence-corrected chi connectivity index (χ0v) is 21.7. The van der Waals surface area contributed by atoms with Gasteiger partial charge >= 0.3 is 5.97 Å². The first-order chi connectivity index (χ1) is 15.1. The maximum atomic E-state index is 10.8. The largest absolute Gasteiger partial charge is 0.478 e. The summed E-state index contributed by atoms with van der Waals surface area (Å²) in [6.07, 6.45) is 10.2. The molecule has 6 atom stereocenters. The predicted octanol–water partition coefficient (Wildman–Crippen LogP) is 5.38. The smallest absolute Gasteiger partial charge is 0.327 e. The third-order valence-electron chi connectivity index (χ3n) is 8.06. The van der Waals surface area contributed by atoms with Crippen LogP contribution in [-0.2, 0) is 23.4 Å². The summed E-state index contributed by atoms with van der Waals surface area (Å²) >= 11 is 0. The van der Waals surface area contributed by atoms with Crippen LogP contribution >= 0.6 is 0 Å². The Kier molecular flexibility index (Phi) is 9.00. The van der Waals surface area contributed by atoms with Gasteiger partial charge in [-0.05, 0) is 68.5 Å². The molecule has 0 aromatic rings. The third-order valence-corrected chi connectivity index (χ3v) is 12.6. The molecule has 32 heavy (non-hydrogen) atoms. The van der Waals surface area contributed by atoms with Gasteiger partial charge in [0.2, 0.25) is 0 Å². The molecule has 1 aliphatic carbocycles. The molecule has 0 aromatic carbocycles. The first-order valence-electron chi connectivity index (χ1n) is 12.5. The van der Waals surface area contributed by atoms with Crippen LogP contribution in [0.5, 0.6) is 0 Å². The molecule has 184 valence electrons. The van der Waals surface area contributed by atoms with Crippen molar-refractivity contribution in [1.82, 2.24) is 0 Å². The van der Waals surface area contributed by atoms with Crippen molar-refractivity contribution in [3.8, 4) is 0 Å². The lowest BCUT2D eigenvalue weighted by Gasteiger charge is -2.38. The van der Waals surface area contributed by atoms with Crippen LogP contribution in [0.1, 0.15) is 65.7 Å². The summed E-state index contributed by atoms with van der Waals surface area (Å²) in [6, 6.07) is 0. The van der Waals surface area contributed by atoms with E-state index in [4.69, 9.17) is 23.7 Å². The summed E-state index contributed by atoms with van der Waals surface area (Å²) in [7, 11) is -1.86. The number of hydrogen-bond acceptors (Lipinski definition) is 5. The van der Waals surface area contributed by atoms with Gasteiger partial charge in [0.25, 0.3) is 0 Å². The number of rotatable bonds is 8. The fraction of sp³-hybridized carbons (Fsp3) is 0.880. The van der Waals surface area contributed by atoms with Crippen LogP contribution < -0.4 is 0 Å². The van der Waals surface area contributed by atoms with Crippen molar-refractivity contribution in [2.24, 2.45) is 17.8 Å². The highest BCUT2D eigenvalue weighted by Gasteiger charge is 2.48. The molecule has 0 radical (unpaired) electrons. The van der Waals surface area contributed by atoms with E-state index in [-0.39, 0.29) is 23.5 Å². The fourth-order valence-corrected chi connectivity index (χ4v) is 6.00. The van der Waals surface area contributed by atoms with E-state index in [9.17, 15) is 4.79 Å². The Morgan fingerprint density at radius 2 is 1.94 bits per heavy atom. The number of ether oxygens (including phenoxy) is 3. The molecule has 3 fully saturated rings. The second kappa shape index (κ2) is 11.1. The van der Waals surface area contributed by atoms with Gasteiger partial charge in [-0.25, -0.2) is 4.79 Å². The number of aliphatic carboxylic acids is 1. The van der Waals surface area contributed by atoms with Crippen molar-refractivity contribution in [1.29, 1.82) is 0 Å². The molecule has 0 bridgehead atoms. The van der Waals surface area contributed by atoms with E-state index >= 15 is 0 Å². The van der Waals surface area contributed by atoms with Crippen molar-refractivity contribution in [2.45, 2.75) is 102 Å². The Morgan fingerprint density at radius 3 is 2.59 bits per heavy atom. The summed E-state index contributed by atoms with van der Waals surface area (Å²) < 4.78 is 25.5. The Balaban J connectivity index is 1.66. The molecule has 1 saturated carbocycles. The van der Waals surface area contributed by atoms with E-state index in [0.29, 0.717) is 24.4 Å². The number of carboxylic acid groups (broad SMARTS) is 1. The lowest BCUT2D eigenvalue weighted by atomic mass is 9.87. The maximum absolute atomic E-state index is 10.8. The molecule has 0 aromatic heterocycles.